The van der Waals surface area contributed by atoms with Gasteiger partial charge in [-0.15, -0.1) is 0 Å². The second-order valence-electron chi connectivity index (χ2n) is 6.21. The van der Waals surface area contributed by atoms with Crippen LogP contribution in [0.1, 0.15) is 24.0 Å². The Labute approximate surface area is 142 Å². The first-order chi connectivity index (χ1) is 11.7. The van der Waals surface area contributed by atoms with Crippen LogP contribution in [0, 0.1) is 6.92 Å². The second-order valence-corrected chi connectivity index (χ2v) is 6.21. The second kappa shape index (κ2) is 7.97. The van der Waals surface area contributed by atoms with Crippen LogP contribution in [0.3, 0.4) is 0 Å². The molecule has 2 N–H and O–H groups in total. The molecule has 0 aliphatic carbocycles. The Morgan fingerprint density at radius 1 is 1.46 bits per heavy atom. The summed E-state index contributed by atoms with van der Waals surface area (Å²) in [5, 5.41) is 9.94. The number of anilines is 1. The molecule has 2 aromatic rings. The van der Waals surface area contributed by atoms with E-state index in [1.54, 1.807) is 6.20 Å². The van der Waals surface area contributed by atoms with Crippen molar-refractivity contribution in [2.45, 2.75) is 38.8 Å². The number of hydrogen-bond donors (Lipinski definition) is 2. The van der Waals surface area contributed by atoms with Gasteiger partial charge < -0.3 is 15.4 Å². The summed E-state index contributed by atoms with van der Waals surface area (Å²) in [6.07, 6.45) is 6.73. The first-order valence-electron chi connectivity index (χ1n) is 8.43. The molecule has 1 aliphatic heterocycles. The maximum absolute atomic E-state index is 11.9. The maximum atomic E-state index is 11.9. The number of ether oxygens (including phenoxy) is 1. The molecule has 24 heavy (non-hydrogen) atoms. The summed E-state index contributed by atoms with van der Waals surface area (Å²) in [6.45, 7) is 4.23. The van der Waals surface area contributed by atoms with Gasteiger partial charge in [-0.2, -0.15) is 5.10 Å². The van der Waals surface area contributed by atoms with Gasteiger partial charge in [0.25, 0.3) is 0 Å². The third kappa shape index (κ3) is 4.83. The largest absolute Gasteiger partial charge is 0.376 e. The van der Waals surface area contributed by atoms with E-state index in [-0.39, 0.29) is 12.1 Å². The van der Waals surface area contributed by atoms with Gasteiger partial charge in [0.1, 0.15) is 0 Å². The average Bonchev–Trinajstić information content (AvgIpc) is 3.20. The van der Waals surface area contributed by atoms with E-state index in [0.717, 1.165) is 32.4 Å². The molecular weight excluding hydrogens is 304 g/mol. The number of rotatable bonds is 6. The molecule has 1 aliphatic rings. The summed E-state index contributed by atoms with van der Waals surface area (Å²) < 4.78 is 7.41. The first kappa shape index (κ1) is 16.5. The topological polar surface area (TPSA) is 68.2 Å². The van der Waals surface area contributed by atoms with Gasteiger partial charge in [-0.25, -0.2) is 4.79 Å². The van der Waals surface area contributed by atoms with Gasteiger partial charge in [-0.05, 0) is 31.7 Å². The number of urea groups is 1. The number of carbonyl (C=O) groups is 1. The van der Waals surface area contributed by atoms with Crippen molar-refractivity contribution in [1.82, 2.24) is 15.1 Å². The van der Waals surface area contributed by atoms with Gasteiger partial charge in [0.05, 0.1) is 24.5 Å². The zero-order chi connectivity index (χ0) is 16.8. The van der Waals surface area contributed by atoms with E-state index in [9.17, 15) is 4.79 Å². The molecule has 1 fully saturated rings. The molecule has 128 valence electrons. The highest BCUT2D eigenvalue weighted by atomic mass is 16.5. The van der Waals surface area contributed by atoms with Crippen molar-refractivity contribution >= 4 is 11.7 Å². The smallest absolute Gasteiger partial charge is 0.319 e. The minimum Gasteiger partial charge on any atom is -0.376 e. The van der Waals surface area contributed by atoms with Gasteiger partial charge >= 0.3 is 6.03 Å². The Morgan fingerprint density at radius 2 is 2.38 bits per heavy atom. The van der Waals surface area contributed by atoms with E-state index >= 15 is 0 Å². The number of aromatic nitrogens is 2. The van der Waals surface area contributed by atoms with Crippen LogP contribution in [0.25, 0.3) is 0 Å². The van der Waals surface area contributed by atoms with Crippen LogP contribution in [-0.2, 0) is 17.7 Å². The van der Waals surface area contributed by atoms with E-state index < -0.39 is 0 Å². The highest BCUT2D eigenvalue weighted by Gasteiger charge is 2.16. The molecule has 0 unspecified atom stereocenters. The molecular formula is C18H24N4O2. The predicted octanol–water partition coefficient (Wildman–Crippen LogP) is 2.73. The van der Waals surface area contributed by atoms with Crippen molar-refractivity contribution in [3.8, 4) is 0 Å². The summed E-state index contributed by atoms with van der Waals surface area (Å²) in [5.41, 5.74) is 3.15. The van der Waals surface area contributed by atoms with Gasteiger partial charge in [0, 0.05) is 19.3 Å². The fraction of sp³-hybridized carbons (Fsp3) is 0.444. The summed E-state index contributed by atoms with van der Waals surface area (Å²) in [4.78, 5) is 11.9. The van der Waals surface area contributed by atoms with Gasteiger partial charge in [-0.1, -0.05) is 29.8 Å². The fourth-order valence-electron chi connectivity index (χ4n) is 2.89. The molecule has 6 heteroatoms. The quantitative estimate of drug-likeness (QED) is 0.857. The SMILES string of the molecule is Cc1cccc(CCNC(=O)Nc2cnn(C[C@@H]3CCCO3)c2)c1. The normalized spacial score (nSPS) is 17.0. The zero-order valence-electron chi connectivity index (χ0n) is 14.0. The van der Waals surface area contributed by atoms with Crippen LogP contribution in [0.15, 0.2) is 36.7 Å². The van der Waals surface area contributed by atoms with Crippen molar-refractivity contribution in [2.24, 2.45) is 0 Å². The van der Waals surface area contributed by atoms with Crippen LogP contribution < -0.4 is 10.6 Å². The lowest BCUT2D eigenvalue weighted by Gasteiger charge is -2.08. The molecule has 1 saturated heterocycles. The Balaban J connectivity index is 1.40. The Morgan fingerprint density at radius 3 is 3.17 bits per heavy atom. The molecule has 3 rings (SSSR count). The van der Waals surface area contributed by atoms with Gasteiger partial charge in [0.15, 0.2) is 0 Å². The molecule has 0 saturated carbocycles. The van der Waals surface area contributed by atoms with E-state index in [1.807, 2.05) is 16.9 Å². The lowest BCUT2D eigenvalue weighted by molar-refractivity contribution is 0.0940. The van der Waals surface area contributed by atoms with E-state index in [4.69, 9.17) is 4.74 Å². The van der Waals surface area contributed by atoms with E-state index in [0.29, 0.717) is 12.2 Å². The molecule has 2 heterocycles. The number of amides is 2. The zero-order valence-corrected chi connectivity index (χ0v) is 14.0. The molecule has 6 nitrogen and oxygen atoms in total. The van der Waals surface area contributed by atoms with Gasteiger partial charge in [-0.3, -0.25) is 4.68 Å². The van der Waals surface area contributed by atoms with E-state index in [2.05, 4.69) is 40.9 Å². The summed E-state index contributed by atoms with van der Waals surface area (Å²) >= 11 is 0. The van der Waals surface area contributed by atoms with Crippen molar-refractivity contribution in [3.63, 3.8) is 0 Å². The van der Waals surface area contributed by atoms with Crippen LogP contribution in [-0.4, -0.2) is 35.1 Å². The van der Waals surface area contributed by atoms with Crippen LogP contribution >= 0.6 is 0 Å². The molecule has 1 aromatic heterocycles. The monoisotopic (exact) mass is 328 g/mol. The number of hydrogen-bond acceptors (Lipinski definition) is 3. The molecule has 0 bridgehead atoms. The van der Waals surface area contributed by atoms with Crippen molar-refractivity contribution in [3.05, 3.63) is 47.8 Å². The van der Waals surface area contributed by atoms with Crippen LogP contribution in [0.2, 0.25) is 0 Å². The summed E-state index contributed by atoms with van der Waals surface area (Å²) in [7, 11) is 0. The molecule has 1 aromatic carbocycles. The summed E-state index contributed by atoms with van der Waals surface area (Å²) in [6, 6.07) is 8.10. The number of carbonyl (C=O) groups excluding carboxylic acids is 1. The Bertz CT molecular complexity index is 677. The summed E-state index contributed by atoms with van der Waals surface area (Å²) in [5.74, 6) is 0. The lowest BCUT2D eigenvalue weighted by Crippen LogP contribution is -2.30. The number of nitrogens with zero attached hydrogens (tertiary/aromatic N) is 2. The molecule has 0 radical (unpaired) electrons. The van der Waals surface area contributed by atoms with Crippen molar-refractivity contribution in [2.75, 3.05) is 18.5 Å². The van der Waals surface area contributed by atoms with Crippen LogP contribution in [0.5, 0.6) is 0 Å². The standard InChI is InChI=1S/C18H24N4O2/c1-14-4-2-5-15(10-14)7-8-19-18(23)21-16-11-20-22(12-16)13-17-6-3-9-24-17/h2,4-5,10-12,17H,3,6-9,13H2,1H3,(H2,19,21,23)/t17-/m0/s1. The molecule has 2 amide bonds. The molecule has 1 atom stereocenters. The highest BCUT2D eigenvalue weighted by Crippen LogP contribution is 2.14. The predicted molar refractivity (Wildman–Crippen MR) is 93.1 cm³/mol. The average molecular weight is 328 g/mol. The highest BCUT2D eigenvalue weighted by molar-refractivity contribution is 5.88. The van der Waals surface area contributed by atoms with Crippen molar-refractivity contribution < 1.29 is 9.53 Å². The van der Waals surface area contributed by atoms with Gasteiger partial charge in [0.2, 0.25) is 0 Å². The maximum Gasteiger partial charge on any atom is 0.319 e. The van der Waals surface area contributed by atoms with Crippen LogP contribution in [0.4, 0.5) is 10.5 Å². The molecule has 0 spiro atoms. The third-order valence-corrected chi connectivity index (χ3v) is 4.09. The Hall–Kier alpha value is -2.34. The third-order valence-electron chi connectivity index (χ3n) is 4.09. The van der Waals surface area contributed by atoms with Crippen molar-refractivity contribution in [1.29, 1.82) is 0 Å². The number of nitrogens with one attached hydrogen (secondary N) is 2. The lowest BCUT2D eigenvalue weighted by atomic mass is 10.1. The first-order valence-corrected chi connectivity index (χ1v) is 8.43. The Kier molecular flexibility index (Phi) is 5.48. The fourth-order valence-corrected chi connectivity index (χ4v) is 2.89. The van der Waals surface area contributed by atoms with E-state index in [1.165, 1.54) is 11.1 Å². The number of benzene rings is 1. The minimum absolute atomic E-state index is 0.209. The number of aryl methyl sites for hydroxylation is 1. The minimum atomic E-state index is -0.209.